The summed E-state index contributed by atoms with van der Waals surface area (Å²) in [6, 6.07) is 5.56. The standard InChI is InChI=1S/C16H22ClN3O/c1-11-5-3-4-6-15(11)19-20-16(21)10-18-14-8-7-13(17)9-12(14)2/h6-9,11,18-19H,3-5,10H2,1-2H3,(H,20,21). The Bertz CT molecular complexity index is 542. The number of nitrogens with one attached hydrogen (secondary N) is 3. The average Bonchev–Trinajstić information content (AvgIpc) is 2.45. The molecule has 2 rings (SSSR count). The molecule has 3 N–H and O–H groups in total. The van der Waals surface area contributed by atoms with Gasteiger partial charge in [0.05, 0.1) is 6.54 Å². The van der Waals surface area contributed by atoms with E-state index in [0.29, 0.717) is 10.9 Å². The van der Waals surface area contributed by atoms with Gasteiger partial charge in [0.2, 0.25) is 0 Å². The van der Waals surface area contributed by atoms with E-state index in [9.17, 15) is 4.79 Å². The van der Waals surface area contributed by atoms with Crippen LogP contribution >= 0.6 is 11.6 Å². The summed E-state index contributed by atoms with van der Waals surface area (Å²) in [7, 11) is 0. The lowest BCUT2D eigenvalue weighted by Crippen LogP contribution is -2.41. The number of carbonyl (C=O) groups excluding carboxylic acids is 1. The molecule has 0 aliphatic heterocycles. The molecule has 1 aliphatic rings. The quantitative estimate of drug-likeness (QED) is 0.731. The monoisotopic (exact) mass is 307 g/mol. The Morgan fingerprint density at radius 2 is 2.24 bits per heavy atom. The van der Waals surface area contributed by atoms with Crippen molar-refractivity contribution in [2.24, 2.45) is 5.92 Å². The van der Waals surface area contributed by atoms with Crippen LogP contribution in [0.4, 0.5) is 5.69 Å². The fourth-order valence-electron chi connectivity index (χ4n) is 2.40. The number of aryl methyl sites for hydroxylation is 1. The number of allylic oxidation sites excluding steroid dienone is 2. The van der Waals surface area contributed by atoms with E-state index in [-0.39, 0.29) is 12.5 Å². The molecule has 0 bridgehead atoms. The third-order valence-electron chi connectivity index (χ3n) is 3.71. The summed E-state index contributed by atoms with van der Waals surface area (Å²) in [5, 5.41) is 3.81. The number of anilines is 1. The molecule has 0 spiro atoms. The van der Waals surface area contributed by atoms with Crippen LogP contribution in [0, 0.1) is 12.8 Å². The summed E-state index contributed by atoms with van der Waals surface area (Å²) in [6.07, 6.45) is 5.62. The number of carbonyl (C=O) groups is 1. The fraction of sp³-hybridized carbons (Fsp3) is 0.438. The fourth-order valence-corrected chi connectivity index (χ4v) is 2.63. The van der Waals surface area contributed by atoms with Crippen molar-refractivity contribution in [3.63, 3.8) is 0 Å². The Morgan fingerprint density at radius 1 is 1.43 bits per heavy atom. The van der Waals surface area contributed by atoms with Crippen LogP contribution in [0.2, 0.25) is 5.02 Å². The molecule has 114 valence electrons. The normalized spacial score (nSPS) is 17.9. The zero-order valence-corrected chi connectivity index (χ0v) is 13.3. The topological polar surface area (TPSA) is 53.2 Å². The van der Waals surface area contributed by atoms with E-state index >= 15 is 0 Å². The number of hydrazine groups is 1. The van der Waals surface area contributed by atoms with Crippen LogP contribution in [-0.4, -0.2) is 12.5 Å². The van der Waals surface area contributed by atoms with Crippen molar-refractivity contribution in [3.8, 4) is 0 Å². The van der Waals surface area contributed by atoms with Gasteiger partial charge in [0, 0.05) is 16.4 Å². The number of amides is 1. The molecule has 1 aliphatic carbocycles. The van der Waals surface area contributed by atoms with E-state index in [0.717, 1.165) is 29.8 Å². The predicted molar refractivity (Wildman–Crippen MR) is 87.1 cm³/mol. The molecule has 0 aromatic heterocycles. The number of rotatable bonds is 5. The Morgan fingerprint density at radius 3 is 2.95 bits per heavy atom. The first kappa shape index (κ1) is 15.7. The number of benzene rings is 1. The van der Waals surface area contributed by atoms with Crippen LogP contribution in [0.5, 0.6) is 0 Å². The lowest BCUT2D eigenvalue weighted by Gasteiger charge is -2.22. The van der Waals surface area contributed by atoms with E-state index in [1.54, 1.807) is 0 Å². The first-order valence-electron chi connectivity index (χ1n) is 7.31. The largest absolute Gasteiger partial charge is 0.376 e. The van der Waals surface area contributed by atoms with Gasteiger partial charge in [0.25, 0.3) is 5.91 Å². The van der Waals surface area contributed by atoms with Crippen LogP contribution in [0.1, 0.15) is 31.7 Å². The van der Waals surface area contributed by atoms with Gasteiger partial charge in [-0.3, -0.25) is 10.2 Å². The van der Waals surface area contributed by atoms with Crippen molar-refractivity contribution < 1.29 is 4.79 Å². The van der Waals surface area contributed by atoms with Gasteiger partial charge in [-0.15, -0.1) is 0 Å². The summed E-state index contributed by atoms with van der Waals surface area (Å²) < 4.78 is 0. The minimum atomic E-state index is -0.0944. The highest BCUT2D eigenvalue weighted by Crippen LogP contribution is 2.21. The molecule has 21 heavy (non-hydrogen) atoms. The summed E-state index contributed by atoms with van der Waals surface area (Å²) in [4.78, 5) is 11.9. The molecule has 1 aromatic carbocycles. The molecule has 1 aromatic rings. The SMILES string of the molecule is Cc1cc(Cl)ccc1NCC(=O)NNC1=CCCCC1C. The van der Waals surface area contributed by atoms with E-state index in [2.05, 4.69) is 29.2 Å². The molecule has 0 heterocycles. The second-order valence-electron chi connectivity index (χ2n) is 5.48. The zero-order chi connectivity index (χ0) is 15.2. The van der Waals surface area contributed by atoms with Crippen LogP contribution in [0.25, 0.3) is 0 Å². The van der Waals surface area contributed by atoms with Gasteiger partial charge in [0.1, 0.15) is 0 Å². The zero-order valence-electron chi connectivity index (χ0n) is 12.5. The highest BCUT2D eigenvalue weighted by atomic mass is 35.5. The minimum Gasteiger partial charge on any atom is -0.376 e. The van der Waals surface area contributed by atoms with Crippen molar-refractivity contribution in [1.82, 2.24) is 10.9 Å². The maximum Gasteiger partial charge on any atom is 0.257 e. The van der Waals surface area contributed by atoms with Gasteiger partial charge >= 0.3 is 0 Å². The Hall–Kier alpha value is -1.68. The van der Waals surface area contributed by atoms with Gasteiger partial charge in [-0.2, -0.15) is 0 Å². The summed E-state index contributed by atoms with van der Waals surface area (Å²) >= 11 is 5.91. The Kier molecular flexibility index (Phi) is 5.51. The molecule has 0 saturated carbocycles. The van der Waals surface area contributed by atoms with Crippen LogP contribution in [0.15, 0.2) is 30.0 Å². The Balaban J connectivity index is 1.78. The third-order valence-corrected chi connectivity index (χ3v) is 3.95. The smallest absolute Gasteiger partial charge is 0.257 e. The highest BCUT2D eigenvalue weighted by molar-refractivity contribution is 6.30. The van der Waals surface area contributed by atoms with E-state index in [1.165, 1.54) is 6.42 Å². The van der Waals surface area contributed by atoms with Crippen LogP contribution in [0.3, 0.4) is 0 Å². The van der Waals surface area contributed by atoms with E-state index in [4.69, 9.17) is 11.6 Å². The second kappa shape index (κ2) is 7.36. The second-order valence-corrected chi connectivity index (χ2v) is 5.91. The summed E-state index contributed by atoms with van der Waals surface area (Å²) in [5.74, 6) is 0.383. The van der Waals surface area contributed by atoms with Gasteiger partial charge in [-0.05, 0) is 55.9 Å². The summed E-state index contributed by atoms with van der Waals surface area (Å²) in [5.41, 5.74) is 8.81. The summed E-state index contributed by atoms with van der Waals surface area (Å²) in [6.45, 7) is 4.34. The molecule has 0 fully saturated rings. The maximum atomic E-state index is 11.9. The molecule has 0 saturated heterocycles. The number of halogens is 1. The molecule has 4 nitrogen and oxygen atoms in total. The minimum absolute atomic E-state index is 0.0944. The first-order valence-corrected chi connectivity index (χ1v) is 7.69. The molecular formula is C16H22ClN3O. The predicted octanol–water partition coefficient (Wildman–Crippen LogP) is 3.39. The van der Waals surface area contributed by atoms with Gasteiger partial charge in [-0.1, -0.05) is 24.6 Å². The average molecular weight is 308 g/mol. The van der Waals surface area contributed by atoms with Crippen molar-refractivity contribution in [3.05, 3.63) is 40.6 Å². The van der Waals surface area contributed by atoms with Crippen molar-refractivity contribution in [1.29, 1.82) is 0 Å². The lowest BCUT2D eigenvalue weighted by molar-refractivity contribution is -0.120. The van der Waals surface area contributed by atoms with Crippen molar-refractivity contribution in [2.45, 2.75) is 33.1 Å². The highest BCUT2D eigenvalue weighted by Gasteiger charge is 2.13. The molecule has 5 heteroatoms. The molecule has 1 unspecified atom stereocenters. The third kappa shape index (κ3) is 4.67. The van der Waals surface area contributed by atoms with Gasteiger partial charge < -0.3 is 10.7 Å². The van der Waals surface area contributed by atoms with Crippen LogP contribution < -0.4 is 16.2 Å². The molecule has 0 radical (unpaired) electrons. The van der Waals surface area contributed by atoms with E-state index in [1.807, 2.05) is 25.1 Å². The first-order chi connectivity index (χ1) is 10.1. The maximum absolute atomic E-state index is 11.9. The Labute approximate surface area is 130 Å². The molecule has 1 atom stereocenters. The molecular weight excluding hydrogens is 286 g/mol. The number of hydrogen-bond donors (Lipinski definition) is 3. The van der Waals surface area contributed by atoms with Crippen molar-refractivity contribution >= 4 is 23.2 Å². The number of hydrogen-bond acceptors (Lipinski definition) is 3. The van der Waals surface area contributed by atoms with Crippen molar-refractivity contribution in [2.75, 3.05) is 11.9 Å². The van der Waals surface area contributed by atoms with Gasteiger partial charge in [-0.25, -0.2) is 0 Å². The van der Waals surface area contributed by atoms with E-state index < -0.39 is 0 Å². The van der Waals surface area contributed by atoms with Gasteiger partial charge in [0.15, 0.2) is 0 Å². The van der Waals surface area contributed by atoms with Crippen LogP contribution in [-0.2, 0) is 4.79 Å². The molecule has 1 amide bonds. The lowest BCUT2D eigenvalue weighted by atomic mass is 9.94.